The van der Waals surface area contributed by atoms with E-state index in [-0.39, 0.29) is 0 Å². The van der Waals surface area contributed by atoms with E-state index in [0.717, 1.165) is 24.3 Å². The van der Waals surface area contributed by atoms with Crippen LogP contribution in [0.4, 0.5) is 0 Å². The number of hydrogen-bond acceptors (Lipinski definition) is 4. The minimum atomic E-state index is -3.92. The zero-order chi connectivity index (χ0) is 11.8. The summed E-state index contributed by atoms with van der Waals surface area (Å²) in [5.41, 5.74) is 0. The van der Waals surface area contributed by atoms with Gasteiger partial charge in [0.15, 0.2) is 0 Å². The van der Waals surface area contributed by atoms with E-state index in [1.807, 2.05) is 0 Å². The average molecular weight is 227 g/mol. The summed E-state index contributed by atoms with van der Waals surface area (Å²) in [5, 5.41) is 0. The molecule has 0 aliphatic carbocycles. The topological polar surface area (TPSA) is 66.4 Å². The maximum Gasteiger partial charge on any atom is 0.106 e. The van der Waals surface area contributed by atoms with Gasteiger partial charge in [-0.25, -0.2) is 13.3 Å². The van der Waals surface area contributed by atoms with Gasteiger partial charge in [-0.15, -0.1) is 0 Å². The number of hydrogen-bond donors (Lipinski definition) is 0. The monoisotopic (exact) mass is 227 g/mol. The van der Waals surface area contributed by atoms with Crippen LogP contribution < -0.4 is 0 Å². The van der Waals surface area contributed by atoms with E-state index in [1.54, 1.807) is 7.11 Å². The largest absolute Gasteiger partial charge is 0.748 e. The Bertz CT molecular complexity index is 196. The molecule has 0 rings (SSSR count). The van der Waals surface area contributed by atoms with Crippen LogP contribution in [0.15, 0.2) is 0 Å². The van der Waals surface area contributed by atoms with E-state index in [9.17, 15) is 0 Å². The van der Waals surface area contributed by atoms with Gasteiger partial charge in [0, 0.05) is 6.26 Å². The lowest BCUT2D eigenvalue weighted by molar-refractivity contribution is -1.10. The minimum Gasteiger partial charge on any atom is -0.748 e. The molecular formula is C8H21NO4S. The zero-order valence-corrected chi connectivity index (χ0v) is 10.4. The van der Waals surface area contributed by atoms with Crippen LogP contribution in [0.5, 0.6) is 0 Å². The summed E-state index contributed by atoms with van der Waals surface area (Å²) in [6, 6.07) is 0. The molecule has 14 heavy (non-hydrogen) atoms. The normalized spacial score (nSPS) is 11.9. The van der Waals surface area contributed by atoms with Crippen LogP contribution in [0.2, 0.25) is 0 Å². The second kappa shape index (κ2) is 7.17. The third-order valence-corrected chi connectivity index (χ3v) is 2.12. The highest BCUT2D eigenvalue weighted by atomic mass is 32.2. The molecule has 0 aromatic carbocycles. The lowest BCUT2D eigenvalue weighted by Gasteiger charge is -2.30. The van der Waals surface area contributed by atoms with Crippen molar-refractivity contribution < 1.29 is 22.5 Å². The molecule has 0 saturated heterocycles. The van der Waals surface area contributed by atoms with E-state index in [1.165, 1.54) is 0 Å². The summed E-state index contributed by atoms with van der Waals surface area (Å²) >= 11 is 0. The van der Waals surface area contributed by atoms with Gasteiger partial charge >= 0.3 is 0 Å². The summed E-state index contributed by atoms with van der Waals surface area (Å²) in [7, 11) is -2.14. The third kappa shape index (κ3) is 9.91. The van der Waals surface area contributed by atoms with Gasteiger partial charge in [-0.3, -0.25) is 0 Å². The fourth-order valence-electron chi connectivity index (χ4n) is 1.06. The Morgan fingerprint density at radius 1 is 1.14 bits per heavy atom. The molecule has 5 nitrogen and oxygen atoms in total. The molecule has 0 spiro atoms. The zero-order valence-electron chi connectivity index (χ0n) is 9.61. The van der Waals surface area contributed by atoms with E-state index in [4.69, 9.17) is 17.8 Å². The van der Waals surface area contributed by atoms with Crippen molar-refractivity contribution in [3.05, 3.63) is 0 Å². The van der Waals surface area contributed by atoms with Gasteiger partial charge < -0.3 is 4.55 Å². The molecule has 0 aromatic heterocycles. The SMILES string of the molecule is CC[N+](CC)(CC)OC.CS(=O)(=O)[O-]. The highest BCUT2D eigenvalue weighted by Crippen LogP contribution is 2.03. The summed E-state index contributed by atoms with van der Waals surface area (Å²) in [6.45, 7) is 9.62. The second-order valence-electron chi connectivity index (χ2n) is 2.89. The number of nitrogens with zero attached hydrogens (tertiary/aromatic N) is 1. The van der Waals surface area contributed by atoms with E-state index < -0.39 is 10.1 Å². The van der Waals surface area contributed by atoms with Crippen molar-refractivity contribution in [3.8, 4) is 0 Å². The third-order valence-electron chi connectivity index (χ3n) is 2.12. The molecule has 0 amide bonds. The fourth-order valence-corrected chi connectivity index (χ4v) is 1.06. The highest BCUT2D eigenvalue weighted by molar-refractivity contribution is 7.84. The quantitative estimate of drug-likeness (QED) is 0.400. The molecule has 0 aromatic rings. The van der Waals surface area contributed by atoms with Crippen molar-refractivity contribution in [2.75, 3.05) is 33.0 Å². The molecule has 0 N–H and O–H groups in total. The molecule has 0 fully saturated rings. The molecule has 0 aliphatic heterocycles. The van der Waals surface area contributed by atoms with Crippen molar-refractivity contribution in [2.45, 2.75) is 20.8 Å². The van der Waals surface area contributed by atoms with Gasteiger partial charge in [0.05, 0.1) is 17.2 Å². The maximum atomic E-state index is 9.08. The van der Waals surface area contributed by atoms with Gasteiger partial charge in [-0.05, 0) is 20.8 Å². The van der Waals surface area contributed by atoms with Crippen LogP contribution in [0.3, 0.4) is 0 Å². The maximum absolute atomic E-state index is 9.08. The van der Waals surface area contributed by atoms with Crippen molar-refractivity contribution >= 4 is 10.1 Å². The Hall–Kier alpha value is -0.170. The van der Waals surface area contributed by atoms with Crippen molar-refractivity contribution in [1.29, 1.82) is 0 Å². The molecule has 0 heterocycles. The minimum absolute atomic E-state index is 0.604. The van der Waals surface area contributed by atoms with Gasteiger partial charge in [0.2, 0.25) is 0 Å². The van der Waals surface area contributed by atoms with Gasteiger partial charge in [0.25, 0.3) is 0 Å². The van der Waals surface area contributed by atoms with Crippen LogP contribution in [0.1, 0.15) is 20.8 Å². The lowest BCUT2D eigenvalue weighted by atomic mass is 10.5. The Balaban J connectivity index is 0. The van der Waals surface area contributed by atoms with Crippen LogP contribution in [0.25, 0.3) is 0 Å². The van der Waals surface area contributed by atoms with Gasteiger partial charge in [-0.2, -0.15) is 4.65 Å². The standard InChI is InChI=1S/C7H18NO.CH4O3S/c1-5-8(6-2,7-3)9-4;1-5(2,3)4/h5-7H2,1-4H3;1H3,(H,2,3,4)/q+1;/p-1. The first-order chi connectivity index (χ1) is 6.24. The number of quaternary nitrogens is 1. The van der Waals surface area contributed by atoms with E-state index in [0.29, 0.717) is 6.26 Å². The van der Waals surface area contributed by atoms with Crippen LogP contribution >= 0.6 is 0 Å². The van der Waals surface area contributed by atoms with E-state index in [2.05, 4.69) is 20.8 Å². The van der Waals surface area contributed by atoms with Gasteiger partial charge in [0.1, 0.15) is 19.6 Å². The summed E-state index contributed by atoms with van der Waals surface area (Å²) < 4.78 is 28.0. The molecular weight excluding hydrogens is 206 g/mol. The van der Waals surface area contributed by atoms with Crippen LogP contribution in [-0.4, -0.2) is 50.6 Å². The Labute approximate surface area is 87.0 Å². The molecule has 0 atom stereocenters. The fraction of sp³-hybridized carbons (Fsp3) is 1.00. The molecule has 0 bridgehead atoms. The van der Waals surface area contributed by atoms with Gasteiger partial charge in [-0.1, -0.05) is 0 Å². The highest BCUT2D eigenvalue weighted by Gasteiger charge is 2.19. The Morgan fingerprint density at radius 2 is 1.36 bits per heavy atom. The number of rotatable bonds is 4. The first-order valence-corrected chi connectivity index (χ1v) is 6.39. The van der Waals surface area contributed by atoms with Crippen molar-refractivity contribution in [1.82, 2.24) is 0 Å². The van der Waals surface area contributed by atoms with Crippen LogP contribution in [-0.2, 0) is 15.0 Å². The molecule has 0 aliphatic rings. The first kappa shape index (κ1) is 16.3. The average Bonchev–Trinajstić information content (AvgIpc) is 2.07. The second-order valence-corrected chi connectivity index (χ2v) is 4.30. The molecule has 0 unspecified atom stereocenters. The van der Waals surface area contributed by atoms with E-state index >= 15 is 0 Å². The summed E-state index contributed by atoms with van der Waals surface area (Å²) in [5.74, 6) is 0. The molecule has 6 heteroatoms. The smallest absolute Gasteiger partial charge is 0.106 e. The van der Waals surface area contributed by atoms with Crippen molar-refractivity contribution in [3.63, 3.8) is 0 Å². The molecule has 0 radical (unpaired) electrons. The van der Waals surface area contributed by atoms with Crippen LogP contribution in [0, 0.1) is 0 Å². The molecule has 0 saturated carbocycles. The predicted molar refractivity (Wildman–Crippen MR) is 54.5 cm³/mol. The Morgan fingerprint density at radius 3 is 1.36 bits per heavy atom. The Kier molecular flexibility index (Phi) is 8.33. The first-order valence-electron chi connectivity index (χ1n) is 4.57. The molecule has 88 valence electrons. The summed E-state index contributed by atoms with van der Waals surface area (Å²) in [4.78, 5) is 5.32. The number of hydroxylamine groups is 3. The van der Waals surface area contributed by atoms with Crippen molar-refractivity contribution in [2.24, 2.45) is 0 Å². The summed E-state index contributed by atoms with van der Waals surface area (Å²) in [6.07, 6.45) is 0.604. The predicted octanol–water partition coefficient (Wildman–Crippen LogP) is 0.586. The lowest BCUT2D eigenvalue weighted by Crippen LogP contribution is -2.46.